The molecule has 0 radical (unpaired) electrons. The highest BCUT2D eigenvalue weighted by atomic mass is 16.2. The van der Waals surface area contributed by atoms with Gasteiger partial charge in [0.15, 0.2) is 0 Å². The van der Waals surface area contributed by atoms with Gasteiger partial charge in [-0.3, -0.25) is 0 Å². The molecule has 1 aromatic carbocycles. The van der Waals surface area contributed by atoms with Gasteiger partial charge in [-0.05, 0) is 44.2 Å². The first-order valence-electron chi connectivity index (χ1n) is 9.13. The Morgan fingerprint density at radius 2 is 2.00 bits per heavy atom. The van der Waals surface area contributed by atoms with Gasteiger partial charge in [0.25, 0.3) is 0 Å². The molecule has 1 saturated carbocycles. The molecular formula is C19H29N3O. The van der Waals surface area contributed by atoms with Gasteiger partial charge in [-0.2, -0.15) is 0 Å². The van der Waals surface area contributed by atoms with E-state index in [4.69, 9.17) is 0 Å². The predicted octanol–water partition coefficient (Wildman–Crippen LogP) is 3.46. The zero-order valence-corrected chi connectivity index (χ0v) is 14.2. The van der Waals surface area contributed by atoms with Gasteiger partial charge in [-0.25, -0.2) is 4.79 Å². The molecule has 0 bridgehead atoms. The summed E-state index contributed by atoms with van der Waals surface area (Å²) in [5.41, 5.74) is 2.81. The van der Waals surface area contributed by atoms with Crippen LogP contribution in [0.2, 0.25) is 0 Å². The molecule has 1 aromatic rings. The number of fused-ring (bicyclic) bond motifs is 1. The van der Waals surface area contributed by atoms with Gasteiger partial charge in [0.05, 0.1) is 0 Å². The summed E-state index contributed by atoms with van der Waals surface area (Å²) in [4.78, 5) is 14.4. The molecule has 4 heteroatoms. The molecule has 2 amide bonds. The van der Waals surface area contributed by atoms with E-state index in [9.17, 15) is 4.79 Å². The lowest BCUT2D eigenvalue weighted by molar-refractivity contribution is 0.232. The maximum Gasteiger partial charge on any atom is 0.315 e. The maximum absolute atomic E-state index is 11.9. The van der Waals surface area contributed by atoms with Crippen LogP contribution in [0.15, 0.2) is 24.3 Å². The zero-order chi connectivity index (χ0) is 16.1. The first-order chi connectivity index (χ1) is 11.2. The van der Waals surface area contributed by atoms with Crippen LogP contribution in [0.4, 0.5) is 10.5 Å². The van der Waals surface area contributed by atoms with E-state index in [1.807, 2.05) is 0 Å². The number of nitrogens with one attached hydrogen (secondary N) is 2. The molecule has 126 valence electrons. The third kappa shape index (κ3) is 4.18. The SMILES string of the molecule is C[C@H]1Cc2ccccc2N1CCCNC(=O)NC1CCCCC1. The van der Waals surface area contributed by atoms with Crippen molar-refractivity contribution < 1.29 is 4.79 Å². The van der Waals surface area contributed by atoms with E-state index in [0.29, 0.717) is 12.1 Å². The lowest BCUT2D eigenvalue weighted by Gasteiger charge is -2.25. The predicted molar refractivity (Wildman–Crippen MR) is 95.0 cm³/mol. The van der Waals surface area contributed by atoms with Crippen molar-refractivity contribution in [3.8, 4) is 0 Å². The minimum absolute atomic E-state index is 0.00627. The summed E-state index contributed by atoms with van der Waals surface area (Å²) in [5.74, 6) is 0. The number of hydrogen-bond donors (Lipinski definition) is 2. The minimum atomic E-state index is 0.00627. The fourth-order valence-corrected chi connectivity index (χ4v) is 3.91. The number of nitrogens with zero attached hydrogens (tertiary/aromatic N) is 1. The lowest BCUT2D eigenvalue weighted by Crippen LogP contribution is -2.43. The first kappa shape index (κ1) is 16.2. The molecule has 1 aliphatic carbocycles. The molecule has 1 heterocycles. The van der Waals surface area contributed by atoms with Crippen LogP contribution in [-0.4, -0.2) is 31.2 Å². The number of hydrogen-bond acceptors (Lipinski definition) is 2. The summed E-state index contributed by atoms with van der Waals surface area (Å²) in [7, 11) is 0. The van der Waals surface area contributed by atoms with Crippen molar-refractivity contribution in [3.05, 3.63) is 29.8 Å². The summed E-state index contributed by atoms with van der Waals surface area (Å²) in [6.07, 6.45) is 8.19. The first-order valence-corrected chi connectivity index (χ1v) is 9.13. The van der Waals surface area contributed by atoms with Crippen LogP contribution in [0.25, 0.3) is 0 Å². The Kier molecular flexibility index (Phi) is 5.42. The van der Waals surface area contributed by atoms with Crippen LogP contribution in [-0.2, 0) is 6.42 Å². The second-order valence-corrected chi connectivity index (χ2v) is 6.96. The number of amides is 2. The van der Waals surface area contributed by atoms with Crippen molar-refractivity contribution in [1.29, 1.82) is 0 Å². The van der Waals surface area contributed by atoms with E-state index in [1.54, 1.807) is 0 Å². The molecule has 1 atom stereocenters. The van der Waals surface area contributed by atoms with E-state index < -0.39 is 0 Å². The number of carbonyl (C=O) groups is 1. The van der Waals surface area contributed by atoms with Crippen LogP contribution >= 0.6 is 0 Å². The number of urea groups is 1. The van der Waals surface area contributed by atoms with Crippen molar-refractivity contribution in [3.63, 3.8) is 0 Å². The van der Waals surface area contributed by atoms with E-state index in [-0.39, 0.29) is 6.03 Å². The standard InChI is InChI=1S/C19H29N3O/c1-15-14-16-8-5-6-11-18(16)22(15)13-7-12-20-19(23)21-17-9-3-2-4-10-17/h5-6,8,11,15,17H,2-4,7,9-10,12-14H2,1H3,(H2,20,21,23)/t15-/m0/s1. The third-order valence-corrected chi connectivity index (χ3v) is 5.15. The molecule has 2 N–H and O–H groups in total. The van der Waals surface area contributed by atoms with Gasteiger partial charge in [-0.1, -0.05) is 37.5 Å². The highest BCUT2D eigenvalue weighted by Crippen LogP contribution is 2.31. The lowest BCUT2D eigenvalue weighted by atomic mass is 9.96. The molecule has 1 aliphatic heterocycles. The average molecular weight is 315 g/mol. The second-order valence-electron chi connectivity index (χ2n) is 6.96. The molecule has 4 nitrogen and oxygen atoms in total. The molecule has 1 fully saturated rings. The fraction of sp³-hybridized carbons (Fsp3) is 0.632. The van der Waals surface area contributed by atoms with Gasteiger partial charge in [0.2, 0.25) is 0 Å². The number of carbonyl (C=O) groups excluding carboxylic acids is 1. The van der Waals surface area contributed by atoms with Crippen molar-refractivity contribution in [2.75, 3.05) is 18.0 Å². The highest BCUT2D eigenvalue weighted by molar-refractivity contribution is 5.74. The second kappa shape index (κ2) is 7.71. The van der Waals surface area contributed by atoms with Crippen molar-refractivity contribution in [2.24, 2.45) is 0 Å². The Morgan fingerprint density at radius 1 is 1.22 bits per heavy atom. The van der Waals surface area contributed by atoms with Crippen LogP contribution < -0.4 is 15.5 Å². The molecule has 2 aliphatic rings. The highest BCUT2D eigenvalue weighted by Gasteiger charge is 2.24. The van der Waals surface area contributed by atoms with Crippen molar-refractivity contribution in [2.45, 2.75) is 64.0 Å². The largest absolute Gasteiger partial charge is 0.368 e. The summed E-state index contributed by atoms with van der Waals surface area (Å²) >= 11 is 0. The number of benzene rings is 1. The van der Waals surface area contributed by atoms with Gasteiger partial charge < -0.3 is 15.5 Å². The summed E-state index contributed by atoms with van der Waals surface area (Å²) in [6, 6.07) is 9.61. The Morgan fingerprint density at radius 3 is 2.83 bits per heavy atom. The van der Waals surface area contributed by atoms with Crippen molar-refractivity contribution in [1.82, 2.24) is 10.6 Å². The van der Waals surface area contributed by atoms with E-state index in [2.05, 4.69) is 46.7 Å². The molecule has 3 rings (SSSR count). The zero-order valence-electron chi connectivity index (χ0n) is 14.2. The quantitative estimate of drug-likeness (QED) is 0.817. The topological polar surface area (TPSA) is 44.4 Å². The van der Waals surface area contributed by atoms with Crippen LogP contribution in [0.3, 0.4) is 0 Å². The fourth-order valence-electron chi connectivity index (χ4n) is 3.91. The molecular weight excluding hydrogens is 286 g/mol. The molecule has 23 heavy (non-hydrogen) atoms. The Labute approximate surface area is 139 Å². The molecule has 0 aromatic heterocycles. The third-order valence-electron chi connectivity index (χ3n) is 5.15. The summed E-state index contributed by atoms with van der Waals surface area (Å²) in [6.45, 7) is 4.02. The van der Waals surface area contributed by atoms with E-state index in [0.717, 1.165) is 38.8 Å². The maximum atomic E-state index is 11.9. The number of para-hydroxylation sites is 1. The smallest absolute Gasteiger partial charge is 0.315 e. The normalized spacial score (nSPS) is 21.1. The summed E-state index contributed by atoms with van der Waals surface area (Å²) < 4.78 is 0. The molecule has 0 unspecified atom stereocenters. The minimum Gasteiger partial charge on any atom is -0.368 e. The van der Waals surface area contributed by atoms with Gasteiger partial charge in [0, 0.05) is 30.9 Å². The Bertz CT molecular complexity index is 525. The van der Waals surface area contributed by atoms with Gasteiger partial charge in [0.1, 0.15) is 0 Å². The Hall–Kier alpha value is -1.71. The number of anilines is 1. The van der Waals surface area contributed by atoms with Crippen LogP contribution in [0.5, 0.6) is 0 Å². The van der Waals surface area contributed by atoms with Crippen molar-refractivity contribution >= 4 is 11.7 Å². The van der Waals surface area contributed by atoms with E-state index >= 15 is 0 Å². The van der Waals surface area contributed by atoms with Gasteiger partial charge >= 0.3 is 6.03 Å². The van der Waals surface area contributed by atoms with Crippen LogP contribution in [0.1, 0.15) is 51.0 Å². The Balaban J connectivity index is 1.37. The van der Waals surface area contributed by atoms with Gasteiger partial charge in [-0.15, -0.1) is 0 Å². The monoisotopic (exact) mass is 315 g/mol. The molecule has 0 spiro atoms. The molecule has 0 saturated heterocycles. The number of rotatable bonds is 5. The van der Waals surface area contributed by atoms with E-state index in [1.165, 1.54) is 30.5 Å². The summed E-state index contributed by atoms with van der Waals surface area (Å²) in [5, 5.41) is 6.12. The average Bonchev–Trinajstić information content (AvgIpc) is 2.88. The van der Waals surface area contributed by atoms with Crippen LogP contribution in [0, 0.1) is 0 Å².